The van der Waals surface area contributed by atoms with Gasteiger partial charge in [0.1, 0.15) is 5.82 Å². The van der Waals surface area contributed by atoms with E-state index in [1.807, 2.05) is 16.8 Å². The zero-order valence-corrected chi connectivity index (χ0v) is 14.8. The Hall–Kier alpha value is -2.29. The second-order valence-corrected chi connectivity index (χ2v) is 7.30. The highest BCUT2D eigenvalue weighted by atomic mass is 32.1. The summed E-state index contributed by atoms with van der Waals surface area (Å²) in [5, 5.41) is 13.6. The van der Waals surface area contributed by atoms with Crippen molar-refractivity contribution in [2.24, 2.45) is 0 Å². The average Bonchev–Trinajstić information content (AvgIpc) is 3.42. The van der Waals surface area contributed by atoms with E-state index in [1.54, 1.807) is 0 Å². The summed E-state index contributed by atoms with van der Waals surface area (Å²) < 4.78 is 10.4. The van der Waals surface area contributed by atoms with Gasteiger partial charge in [0.05, 0.1) is 17.9 Å². The van der Waals surface area contributed by atoms with Gasteiger partial charge >= 0.3 is 0 Å². The SMILES string of the molecule is c1nsnc1N1CCC(c2nnc3ccc(N4CCCC4)nn23)CC1. The third-order valence-electron chi connectivity index (χ3n) is 5.24. The second kappa shape index (κ2) is 6.21. The molecule has 2 aliphatic heterocycles. The summed E-state index contributed by atoms with van der Waals surface area (Å²) in [5.41, 5.74) is 0.837. The molecule has 3 aromatic heterocycles. The summed E-state index contributed by atoms with van der Waals surface area (Å²) >= 11 is 1.26. The van der Waals surface area contributed by atoms with Crippen LogP contribution in [0.25, 0.3) is 5.65 Å². The fraction of sp³-hybridized carbons (Fsp3) is 0.562. The van der Waals surface area contributed by atoms with Crippen molar-refractivity contribution in [3.63, 3.8) is 0 Å². The minimum Gasteiger partial charge on any atom is -0.355 e. The standard InChI is InChI=1S/C16H20N8S/c1-2-8-22(7-1)14-4-3-13-18-19-16(24(13)20-14)12-5-9-23(10-6-12)15-11-17-25-21-15/h3-4,11-12H,1-2,5-10H2. The van der Waals surface area contributed by atoms with E-state index in [9.17, 15) is 0 Å². The molecule has 0 aromatic carbocycles. The van der Waals surface area contributed by atoms with E-state index < -0.39 is 0 Å². The van der Waals surface area contributed by atoms with Crippen LogP contribution in [-0.4, -0.2) is 54.7 Å². The maximum absolute atomic E-state index is 4.84. The molecule has 5 rings (SSSR count). The maximum atomic E-state index is 4.84. The molecule has 0 radical (unpaired) electrons. The number of anilines is 2. The predicted octanol–water partition coefficient (Wildman–Crippen LogP) is 1.96. The lowest BCUT2D eigenvalue weighted by Crippen LogP contribution is -2.33. The van der Waals surface area contributed by atoms with E-state index in [0.717, 1.165) is 62.1 Å². The Morgan fingerprint density at radius 1 is 0.920 bits per heavy atom. The lowest BCUT2D eigenvalue weighted by Gasteiger charge is -2.30. The van der Waals surface area contributed by atoms with Gasteiger partial charge in [0.25, 0.3) is 0 Å². The number of fused-ring (bicyclic) bond motifs is 1. The zero-order chi connectivity index (χ0) is 16.6. The summed E-state index contributed by atoms with van der Waals surface area (Å²) in [6.07, 6.45) is 6.42. The van der Waals surface area contributed by atoms with Crippen molar-refractivity contribution in [3.05, 3.63) is 24.2 Å². The van der Waals surface area contributed by atoms with Crippen molar-refractivity contribution in [1.29, 1.82) is 0 Å². The Labute approximate surface area is 149 Å². The molecule has 0 N–H and O–H groups in total. The molecule has 8 nitrogen and oxygen atoms in total. The number of hydrogen-bond donors (Lipinski definition) is 0. The Morgan fingerprint density at radius 3 is 2.48 bits per heavy atom. The van der Waals surface area contributed by atoms with Gasteiger partial charge in [-0.15, -0.1) is 15.3 Å². The van der Waals surface area contributed by atoms with Gasteiger partial charge in [0.15, 0.2) is 17.3 Å². The van der Waals surface area contributed by atoms with Crippen LogP contribution in [0.3, 0.4) is 0 Å². The highest BCUT2D eigenvalue weighted by Gasteiger charge is 2.26. The number of nitrogens with zero attached hydrogens (tertiary/aromatic N) is 8. The van der Waals surface area contributed by atoms with Crippen LogP contribution in [-0.2, 0) is 0 Å². The topological polar surface area (TPSA) is 75.3 Å². The molecule has 0 spiro atoms. The highest BCUT2D eigenvalue weighted by Crippen LogP contribution is 2.29. The third-order valence-corrected chi connectivity index (χ3v) is 5.71. The van der Waals surface area contributed by atoms with Gasteiger partial charge in [-0.1, -0.05) is 0 Å². The smallest absolute Gasteiger partial charge is 0.178 e. The minimum atomic E-state index is 0.388. The maximum Gasteiger partial charge on any atom is 0.178 e. The van der Waals surface area contributed by atoms with Gasteiger partial charge in [0.2, 0.25) is 0 Å². The molecule has 0 saturated carbocycles. The van der Waals surface area contributed by atoms with Crippen molar-refractivity contribution < 1.29 is 0 Å². The van der Waals surface area contributed by atoms with E-state index >= 15 is 0 Å². The molecule has 0 atom stereocenters. The van der Waals surface area contributed by atoms with Crippen LogP contribution in [0.5, 0.6) is 0 Å². The second-order valence-electron chi connectivity index (χ2n) is 6.74. The number of rotatable bonds is 3. The molecule has 2 fully saturated rings. The molecule has 3 aromatic rings. The first-order valence-electron chi connectivity index (χ1n) is 8.88. The minimum absolute atomic E-state index is 0.388. The van der Waals surface area contributed by atoms with Gasteiger partial charge < -0.3 is 9.80 Å². The third kappa shape index (κ3) is 2.72. The lowest BCUT2D eigenvalue weighted by atomic mass is 9.96. The molecule has 5 heterocycles. The predicted molar refractivity (Wildman–Crippen MR) is 96.3 cm³/mol. The summed E-state index contributed by atoms with van der Waals surface area (Å²) in [4.78, 5) is 4.65. The van der Waals surface area contributed by atoms with E-state index in [2.05, 4.69) is 34.8 Å². The van der Waals surface area contributed by atoms with Crippen molar-refractivity contribution >= 4 is 29.0 Å². The highest BCUT2D eigenvalue weighted by molar-refractivity contribution is 6.99. The Morgan fingerprint density at radius 2 is 1.72 bits per heavy atom. The van der Waals surface area contributed by atoms with Gasteiger partial charge in [-0.2, -0.15) is 13.3 Å². The fourth-order valence-electron chi connectivity index (χ4n) is 3.83. The van der Waals surface area contributed by atoms with Crippen LogP contribution in [0.4, 0.5) is 11.6 Å². The van der Waals surface area contributed by atoms with Crippen LogP contribution in [0.2, 0.25) is 0 Å². The van der Waals surface area contributed by atoms with Crippen LogP contribution in [0, 0.1) is 0 Å². The van der Waals surface area contributed by atoms with E-state index in [-0.39, 0.29) is 0 Å². The first kappa shape index (κ1) is 15.0. The van der Waals surface area contributed by atoms with Crippen LogP contribution >= 0.6 is 11.7 Å². The zero-order valence-electron chi connectivity index (χ0n) is 14.0. The molecule has 2 saturated heterocycles. The van der Waals surface area contributed by atoms with Crippen molar-refractivity contribution in [1.82, 2.24) is 28.6 Å². The molecule has 0 aliphatic carbocycles. The molecule has 0 unspecified atom stereocenters. The van der Waals surface area contributed by atoms with Gasteiger partial charge in [0, 0.05) is 32.1 Å². The fourth-order valence-corrected chi connectivity index (χ4v) is 4.27. The van der Waals surface area contributed by atoms with Gasteiger partial charge in [-0.25, -0.2) is 0 Å². The van der Waals surface area contributed by atoms with Crippen LogP contribution in [0.15, 0.2) is 18.3 Å². The van der Waals surface area contributed by atoms with Crippen LogP contribution in [0.1, 0.15) is 37.4 Å². The number of aromatic nitrogens is 6. The van der Waals surface area contributed by atoms with Gasteiger partial charge in [-0.05, 0) is 37.8 Å². The average molecular weight is 356 g/mol. The summed E-state index contributed by atoms with van der Waals surface area (Å²) in [6, 6.07) is 4.10. The van der Waals surface area contributed by atoms with Crippen molar-refractivity contribution in [2.45, 2.75) is 31.6 Å². The molecule has 0 amide bonds. The molecule has 9 heteroatoms. The molecule has 2 aliphatic rings. The monoisotopic (exact) mass is 356 g/mol. The number of hydrogen-bond acceptors (Lipinski definition) is 8. The lowest BCUT2D eigenvalue weighted by molar-refractivity contribution is 0.475. The quantitative estimate of drug-likeness (QED) is 0.710. The Kier molecular flexibility index (Phi) is 3.73. The molecular weight excluding hydrogens is 336 g/mol. The summed E-state index contributed by atoms with van der Waals surface area (Å²) in [7, 11) is 0. The Balaban J connectivity index is 1.38. The largest absolute Gasteiger partial charge is 0.355 e. The first-order chi connectivity index (χ1) is 12.4. The Bertz CT molecular complexity index is 846. The molecular formula is C16H20N8S. The van der Waals surface area contributed by atoms with E-state index in [0.29, 0.717) is 5.92 Å². The normalized spacial score (nSPS) is 19.2. The molecule has 25 heavy (non-hydrogen) atoms. The van der Waals surface area contributed by atoms with Crippen molar-refractivity contribution in [2.75, 3.05) is 36.0 Å². The summed E-state index contributed by atoms with van der Waals surface area (Å²) in [5.74, 6) is 3.41. The van der Waals surface area contributed by atoms with E-state index in [4.69, 9.17) is 5.10 Å². The molecule has 0 bridgehead atoms. The van der Waals surface area contributed by atoms with Crippen molar-refractivity contribution in [3.8, 4) is 0 Å². The van der Waals surface area contributed by atoms with E-state index in [1.165, 1.54) is 24.6 Å². The number of piperidine rings is 1. The first-order valence-corrected chi connectivity index (χ1v) is 9.61. The van der Waals surface area contributed by atoms with Gasteiger partial charge in [-0.3, -0.25) is 0 Å². The van der Waals surface area contributed by atoms with Crippen LogP contribution < -0.4 is 9.80 Å². The molecule has 130 valence electrons. The summed E-state index contributed by atoms with van der Waals surface area (Å²) in [6.45, 7) is 4.12.